The molecule has 0 unspecified atom stereocenters. The van der Waals surface area contributed by atoms with Crippen LogP contribution in [0.5, 0.6) is 0 Å². The van der Waals surface area contributed by atoms with Crippen molar-refractivity contribution in [1.82, 2.24) is 10.6 Å². The molecule has 2 N–H and O–H groups in total. The molecule has 0 amide bonds. The normalized spacial score (nSPS) is 12.0. The second-order valence-corrected chi connectivity index (χ2v) is 5.93. The summed E-state index contributed by atoms with van der Waals surface area (Å²) in [6.07, 6.45) is 0. The summed E-state index contributed by atoms with van der Waals surface area (Å²) in [4.78, 5) is 15.7. The Hall–Kier alpha value is -1.75. The van der Waals surface area contributed by atoms with Crippen molar-refractivity contribution in [3.8, 4) is 0 Å². The zero-order valence-corrected chi connectivity index (χ0v) is 13.6. The fraction of sp³-hybridized carbons (Fsp3) is 0.467. The molecule has 1 aromatic rings. The Morgan fingerprint density at radius 1 is 1.33 bits per heavy atom. The maximum atomic E-state index is 11.6. The van der Waals surface area contributed by atoms with Gasteiger partial charge >= 0.3 is 5.97 Å². The van der Waals surface area contributed by atoms with Gasteiger partial charge in [-0.25, -0.2) is 0 Å². The number of rotatable bonds is 4. The maximum absolute atomic E-state index is 11.6. The smallest absolute Gasteiger partial charge is 0.325 e. The number of guanidine groups is 1. The number of esters is 1. The Morgan fingerprint density at radius 3 is 2.62 bits per heavy atom. The van der Waals surface area contributed by atoms with E-state index in [9.17, 15) is 4.79 Å². The highest BCUT2D eigenvalue weighted by atomic mass is 35.5. The summed E-state index contributed by atoms with van der Waals surface area (Å²) < 4.78 is 5.21. The number of nitrogens with zero attached hydrogens (tertiary/aromatic N) is 1. The van der Waals surface area contributed by atoms with Crippen LogP contribution in [-0.4, -0.2) is 31.1 Å². The minimum Gasteiger partial charge on any atom is -0.459 e. The third kappa shape index (κ3) is 7.56. The van der Waals surface area contributed by atoms with Crippen molar-refractivity contribution < 1.29 is 9.53 Å². The van der Waals surface area contributed by atoms with Gasteiger partial charge in [0.2, 0.25) is 0 Å². The van der Waals surface area contributed by atoms with Crippen molar-refractivity contribution in [1.29, 1.82) is 0 Å². The van der Waals surface area contributed by atoms with Gasteiger partial charge in [0.1, 0.15) is 12.1 Å². The molecule has 0 fully saturated rings. The predicted octanol–water partition coefficient (Wildman–Crippen LogP) is 2.35. The molecule has 1 rings (SSSR count). The van der Waals surface area contributed by atoms with Crippen LogP contribution in [0.4, 0.5) is 0 Å². The third-order valence-corrected chi connectivity index (χ3v) is 2.63. The topological polar surface area (TPSA) is 62.7 Å². The molecule has 0 saturated carbocycles. The first-order chi connectivity index (χ1) is 9.80. The Balaban J connectivity index is 2.41. The van der Waals surface area contributed by atoms with E-state index in [1.165, 1.54) is 0 Å². The lowest BCUT2D eigenvalue weighted by molar-refractivity contribution is -0.153. The predicted molar refractivity (Wildman–Crippen MR) is 85.5 cm³/mol. The quantitative estimate of drug-likeness (QED) is 0.509. The number of hydrogen-bond acceptors (Lipinski definition) is 3. The molecular weight excluding hydrogens is 290 g/mol. The van der Waals surface area contributed by atoms with Crippen LogP contribution in [0.2, 0.25) is 5.02 Å². The number of hydrogen-bond donors (Lipinski definition) is 2. The minimum atomic E-state index is -0.490. The van der Waals surface area contributed by atoms with Crippen molar-refractivity contribution in [2.45, 2.75) is 32.9 Å². The zero-order chi connectivity index (χ0) is 15.9. The summed E-state index contributed by atoms with van der Waals surface area (Å²) in [5, 5.41) is 6.70. The lowest BCUT2D eigenvalue weighted by Gasteiger charge is -2.20. The van der Waals surface area contributed by atoms with E-state index in [1.54, 1.807) is 7.05 Å². The second-order valence-electron chi connectivity index (χ2n) is 5.50. The van der Waals surface area contributed by atoms with Gasteiger partial charge in [0.05, 0.1) is 0 Å². The van der Waals surface area contributed by atoms with E-state index in [0.717, 1.165) is 5.56 Å². The number of ether oxygens (including phenoxy) is 1. The molecule has 0 heterocycles. The van der Waals surface area contributed by atoms with Crippen molar-refractivity contribution in [3.63, 3.8) is 0 Å². The lowest BCUT2D eigenvalue weighted by Crippen LogP contribution is -2.41. The van der Waals surface area contributed by atoms with Gasteiger partial charge in [-0.1, -0.05) is 23.7 Å². The van der Waals surface area contributed by atoms with E-state index < -0.39 is 5.60 Å². The van der Waals surface area contributed by atoms with Crippen LogP contribution in [0.3, 0.4) is 0 Å². The lowest BCUT2D eigenvalue weighted by atomic mass is 10.2. The highest BCUT2D eigenvalue weighted by molar-refractivity contribution is 6.30. The van der Waals surface area contributed by atoms with Crippen LogP contribution in [0.25, 0.3) is 0 Å². The molecule has 0 spiro atoms. The van der Waals surface area contributed by atoms with Gasteiger partial charge in [0, 0.05) is 18.6 Å². The largest absolute Gasteiger partial charge is 0.459 e. The molecule has 0 aromatic heterocycles. The average molecular weight is 312 g/mol. The van der Waals surface area contributed by atoms with Crippen LogP contribution in [-0.2, 0) is 16.1 Å². The van der Waals surface area contributed by atoms with Gasteiger partial charge in [-0.3, -0.25) is 9.79 Å². The second kappa shape index (κ2) is 7.88. The molecule has 0 saturated heterocycles. The fourth-order valence-corrected chi connectivity index (χ4v) is 1.80. The molecule has 0 bridgehead atoms. The molecule has 0 aliphatic heterocycles. The monoisotopic (exact) mass is 311 g/mol. The Labute approximate surface area is 130 Å². The molecule has 0 aliphatic rings. The van der Waals surface area contributed by atoms with Crippen LogP contribution >= 0.6 is 11.6 Å². The number of nitrogens with one attached hydrogen (secondary N) is 2. The number of carbonyl (C=O) groups is 1. The first-order valence-corrected chi connectivity index (χ1v) is 7.09. The highest BCUT2D eigenvalue weighted by Crippen LogP contribution is 2.10. The van der Waals surface area contributed by atoms with Gasteiger partial charge in [-0.2, -0.15) is 0 Å². The Morgan fingerprint density at radius 2 is 2.05 bits per heavy atom. The highest BCUT2D eigenvalue weighted by Gasteiger charge is 2.16. The van der Waals surface area contributed by atoms with E-state index in [2.05, 4.69) is 15.6 Å². The summed E-state index contributed by atoms with van der Waals surface area (Å²) in [5.41, 5.74) is 0.541. The van der Waals surface area contributed by atoms with E-state index in [-0.39, 0.29) is 12.5 Å². The van der Waals surface area contributed by atoms with E-state index in [1.807, 2.05) is 45.0 Å². The van der Waals surface area contributed by atoms with Crippen LogP contribution in [0.1, 0.15) is 26.3 Å². The molecular formula is C15H22ClN3O2. The molecule has 116 valence electrons. The van der Waals surface area contributed by atoms with Crippen LogP contribution in [0, 0.1) is 0 Å². The molecule has 0 radical (unpaired) electrons. The van der Waals surface area contributed by atoms with E-state index >= 15 is 0 Å². The first kappa shape index (κ1) is 17.3. The molecule has 5 nitrogen and oxygen atoms in total. The Kier molecular flexibility index (Phi) is 6.49. The standard InChI is InChI=1S/C15H22ClN3O2/c1-15(2,3)21-13(20)10-19-14(17-4)18-9-11-6-5-7-12(16)8-11/h5-8H,9-10H2,1-4H3,(H2,17,18,19). The summed E-state index contributed by atoms with van der Waals surface area (Å²) in [6, 6.07) is 7.53. The summed E-state index contributed by atoms with van der Waals surface area (Å²) in [6.45, 7) is 6.12. The first-order valence-electron chi connectivity index (χ1n) is 6.71. The maximum Gasteiger partial charge on any atom is 0.325 e. The number of carbonyl (C=O) groups excluding carboxylic acids is 1. The summed E-state index contributed by atoms with van der Waals surface area (Å²) >= 11 is 5.92. The molecule has 1 aromatic carbocycles. The summed E-state index contributed by atoms with van der Waals surface area (Å²) in [5.74, 6) is 0.203. The third-order valence-electron chi connectivity index (χ3n) is 2.39. The van der Waals surface area contributed by atoms with Gasteiger partial charge in [-0.05, 0) is 38.5 Å². The molecule has 0 aliphatic carbocycles. The van der Waals surface area contributed by atoms with Gasteiger partial charge in [-0.15, -0.1) is 0 Å². The number of benzene rings is 1. The Bertz CT molecular complexity index is 510. The van der Waals surface area contributed by atoms with Gasteiger partial charge in [0.25, 0.3) is 0 Å². The molecule has 6 heteroatoms. The van der Waals surface area contributed by atoms with Crippen molar-refractivity contribution >= 4 is 23.5 Å². The van der Waals surface area contributed by atoms with Gasteiger partial charge < -0.3 is 15.4 Å². The minimum absolute atomic E-state index is 0.0620. The molecule has 21 heavy (non-hydrogen) atoms. The van der Waals surface area contributed by atoms with Crippen LogP contribution < -0.4 is 10.6 Å². The van der Waals surface area contributed by atoms with Gasteiger partial charge in [0.15, 0.2) is 5.96 Å². The number of aliphatic imine (C=N–C) groups is 1. The summed E-state index contributed by atoms with van der Waals surface area (Å²) in [7, 11) is 1.64. The SMILES string of the molecule is CN=C(NCC(=O)OC(C)(C)C)NCc1cccc(Cl)c1. The average Bonchev–Trinajstić information content (AvgIpc) is 2.37. The number of halogens is 1. The van der Waals surface area contributed by atoms with Crippen LogP contribution in [0.15, 0.2) is 29.3 Å². The van der Waals surface area contributed by atoms with Crippen molar-refractivity contribution in [3.05, 3.63) is 34.9 Å². The molecule has 0 atom stereocenters. The fourth-order valence-electron chi connectivity index (χ4n) is 1.59. The van der Waals surface area contributed by atoms with E-state index in [0.29, 0.717) is 17.5 Å². The van der Waals surface area contributed by atoms with Crippen molar-refractivity contribution in [2.75, 3.05) is 13.6 Å². The van der Waals surface area contributed by atoms with E-state index in [4.69, 9.17) is 16.3 Å². The zero-order valence-electron chi connectivity index (χ0n) is 12.9. The van der Waals surface area contributed by atoms with Crippen molar-refractivity contribution in [2.24, 2.45) is 4.99 Å².